The second kappa shape index (κ2) is 7.08. The number of likely N-dealkylation sites (tertiary alicyclic amines) is 1. The summed E-state index contributed by atoms with van der Waals surface area (Å²) in [7, 11) is 1.46. The molecule has 1 aromatic rings. The van der Waals surface area contributed by atoms with Crippen LogP contribution in [0.3, 0.4) is 0 Å². The van der Waals surface area contributed by atoms with Gasteiger partial charge in [0.25, 0.3) is 0 Å². The molecule has 1 aliphatic heterocycles. The number of piperidine rings is 1. The van der Waals surface area contributed by atoms with Crippen molar-refractivity contribution in [2.75, 3.05) is 20.2 Å². The molecule has 0 spiro atoms. The summed E-state index contributed by atoms with van der Waals surface area (Å²) >= 11 is 0. The van der Waals surface area contributed by atoms with Crippen LogP contribution >= 0.6 is 0 Å². The first-order valence-electron chi connectivity index (χ1n) is 6.83. The monoisotopic (exact) mass is 293 g/mol. The molecule has 1 amide bonds. The molecule has 2 atom stereocenters. The fraction of sp³-hybridized carbons (Fsp3) is 0.467. The van der Waals surface area contributed by atoms with E-state index in [1.807, 2.05) is 30.3 Å². The van der Waals surface area contributed by atoms with Crippen LogP contribution in [0.25, 0.3) is 0 Å². The quantitative estimate of drug-likeness (QED) is 0.915. The van der Waals surface area contributed by atoms with Crippen LogP contribution in [0, 0.1) is 5.92 Å². The van der Waals surface area contributed by atoms with E-state index in [-0.39, 0.29) is 13.2 Å². The van der Waals surface area contributed by atoms with Gasteiger partial charge < -0.3 is 19.5 Å². The molecule has 0 aromatic heterocycles. The summed E-state index contributed by atoms with van der Waals surface area (Å²) in [5.74, 6) is -1.47. The molecule has 0 aliphatic carbocycles. The summed E-state index contributed by atoms with van der Waals surface area (Å²) in [6.07, 6.45) is -0.570. The number of nitrogens with zero attached hydrogens (tertiary/aromatic N) is 1. The van der Waals surface area contributed by atoms with Gasteiger partial charge in [-0.05, 0) is 12.0 Å². The first kappa shape index (κ1) is 15.3. The predicted octanol–water partition coefficient (Wildman–Crippen LogP) is 1.74. The molecule has 2 unspecified atom stereocenters. The van der Waals surface area contributed by atoms with Gasteiger partial charge in [-0.25, -0.2) is 4.79 Å². The van der Waals surface area contributed by atoms with Gasteiger partial charge in [-0.1, -0.05) is 30.3 Å². The fourth-order valence-corrected chi connectivity index (χ4v) is 2.41. The van der Waals surface area contributed by atoms with Crippen LogP contribution in [-0.2, 0) is 20.9 Å². The van der Waals surface area contributed by atoms with Gasteiger partial charge in [0.05, 0.1) is 18.6 Å². The molecule has 1 fully saturated rings. The lowest BCUT2D eigenvalue weighted by Gasteiger charge is -2.35. The number of aliphatic carboxylic acids is 1. The number of carbonyl (C=O) groups excluding carboxylic acids is 1. The standard InChI is InChI=1S/C15H19NO5/c1-20-13-9-16(8-7-12(13)14(17)18)15(19)21-10-11-5-3-2-4-6-11/h2-6,12-13H,7-10H2,1H3,(H,17,18). The van der Waals surface area contributed by atoms with Crippen molar-refractivity contribution in [2.45, 2.75) is 19.1 Å². The zero-order valence-corrected chi connectivity index (χ0v) is 11.9. The van der Waals surface area contributed by atoms with Crippen molar-refractivity contribution < 1.29 is 24.2 Å². The highest BCUT2D eigenvalue weighted by atomic mass is 16.6. The molecule has 1 heterocycles. The van der Waals surface area contributed by atoms with Crippen LogP contribution in [-0.4, -0.2) is 48.4 Å². The van der Waals surface area contributed by atoms with Gasteiger partial charge in [-0.2, -0.15) is 0 Å². The number of benzene rings is 1. The zero-order valence-electron chi connectivity index (χ0n) is 11.9. The molecular formula is C15H19NO5. The van der Waals surface area contributed by atoms with E-state index in [0.717, 1.165) is 5.56 Å². The van der Waals surface area contributed by atoms with Gasteiger partial charge in [-0.15, -0.1) is 0 Å². The van der Waals surface area contributed by atoms with Gasteiger partial charge in [-0.3, -0.25) is 4.79 Å². The Morgan fingerprint density at radius 3 is 2.67 bits per heavy atom. The van der Waals surface area contributed by atoms with E-state index in [2.05, 4.69) is 0 Å². The Balaban J connectivity index is 1.87. The van der Waals surface area contributed by atoms with Crippen LogP contribution in [0.1, 0.15) is 12.0 Å². The molecule has 114 valence electrons. The highest BCUT2D eigenvalue weighted by Gasteiger charge is 2.36. The molecule has 0 bridgehead atoms. The first-order valence-corrected chi connectivity index (χ1v) is 6.83. The minimum absolute atomic E-state index is 0.205. The molecule has 1 aliphatic rings. The van der Waals surface area contributed by atoms with Crippen molar-refractivity contribution >= 4 is 12.1 Å². The molecular weight excluding hydrogens is 274 g/mol. The maximum absolute atomic E-state index is 12.0. The van der Waals surface area contributed by atoms with Crippen LogP contribution in [0.15, 0.2) is 30.3 Å². The number of amides is 1. The number of hydrogen-bond donors (Lipinski definition) is 1. The summed E-state index contributed by atoms with van der Waals surface area (Å²) < 4.78 is 10.4. The number of carboxylic acid groups (broad SMARTS) is 1. The largest absolute Gasteiger partial charge is 0.481 e. The lowest BCUT2D eigenvalue weighted by Crippen LogP contribution is -2.49. The molecule has 21 heavy (non-hydrogen) atoms. The molecule has 6 heteroatoms. The maximum atomic E-state index is 12.0. The number of rotatable bonds is 4. The molecule has 0 radical (unpaired) electrons. The summed E-state index contributed by atoms with van der Waals surface area (Å²) in [6.45, 7) is 0.807. The third kappa shape index (κ3) is 3.95. The number of methoxy groups -OCH3 is 1. The van der Waals surface area contributed by atoms with Gasteiger partial charge in [0.15, 0.2) is 0 Å². The van der Waals surface area contributed by atoms with Gasteiger partial charge >= 0.3 is 12.1 Å². The van der Waals surface area contributed by atoms with Crippen molar-refractivity contribution in [3.05, 3.63) is 35.9 Å². The lowest BCUT2D eigenvalue weighted by atomic mass is 9.94. The first-order chi connectivity index (χ1) is 10.1. The van der Waals surface area contributed by atoms with E-state index in [4.69, 9.17) is 14.6 Å². The topological polar surface area (TPSA) is 76.1 Å². The predicted molar refractivity (Wildman–Crippen MR) is 74.7 cm³/mol. The zero-order chi connectivity index (χ0) is 15.2. The van der Waals surface area contributed by atoms with Crippen LogP contribution in [0.2, 0.25) is 0 Å². The summed E-state index contributed by atoms with van der Waals surface area (Å²) in [5.41, 5.74) is 0.912. The van der Waals surface area contributed by atoms with Crippen LogP contribution in [0.5, 0.6) is 0 Å². The summed E-state index contributed by atoms with van der Waals surface area (Å²) in [5, 5.41) is 9.10. The third-order valence-corrected chi connectivity index (χ3v) is 3.64. The Hall–Kier alpha value is -2.08. The normalized spacial score (nSPS) is 21.9. The second-order valence-corrected chi connectivity index (χ2v) is 4.99. The lowest BCUT2D eigenvalue weighted by molar-refractivity contribution is -0.149. The van der Waals surface area contributed by atoms with E-state index < -0.39 is 24.1 Å². The van der Waals surface area contributed by atoms with Crippen molar-refractivity contribution in [3.8, 4) is 0 Å². The Kier molecular flexibility index (Phi) is 5.16. The Morgan fingerprint density at radius 2 is 2.05 bits per heavy atom. The van der Waals surface area contributed by atoms with E-state index >= 15 is 0 Å². The highest BCUT2D eigenvalue weighted by molar-refractivity contribution is 5.72. The van der Waals surface area contributed by atoms with E-state index in [0.29, 0.717) is 13.0 Å². The Morgan fingerprint density at radius 1 is 1.33 bits per heavy atom. The van der Waals surface area contributed by atoms with Crippen molar-refractivity contribution in [1.29, 1.82) is 0 Å². The molecule has 0 saturated carbocycles. The van der Waals surface area contributed by atoms with Gasteiger partial charge in [0.1, 0.15) is 6.61 Å². The SMILES string of the molecule is COC1CN(C(=O)OCc2ccccc2)CCC1C(=O)O. The second-order valence-electron chi connectivity index (χ2n) is 4.99. The summed E-state index contributed by atoms with van der Waals surface area (Å²) in [4.78, 5) is 24.6. The molecule has 1 aromatic carbocycles. The van der Waals surface area contributed by atoms with Gasteiger partial charge in [0.2, 0.25) is 0 Å². The molecule has 6 nitrogen and oxygen atoms in total. The smallest absolute Gasteiger partial charge is 0.410 e. The molecule has 1 N–H and O–H groups in total. The van der Waals surface area contributed by atoms with E-state index in [9.17, 15) is 9.59 Å². The Bertz CT molecular complexity index is 490. The maximum Gasteiger partial charge on any atom is 0.410 e. The third-order valence-electron chi connectivity index (χ3n) is 3.64. The molecule has 2 rings (SSSR count). The average Bonchev–Trinajstić information content (AvgIpc) is 2.52. The number of ether oxygens (including phenoxy) is 2. The highest BCUT2D eigenvalue weighted by Crippen LogP contribution is 2.21. The minimum Gasteiger partial charge on any atom is -0.481 e. The number of carbonyl (C=O) groups is 2. The summed E-state index contributed by atoms with van der Waals surface area (Å²) in [6, 6.07) is 9.40. The van der Waals surface area contributed by atoms with E-state index in [1.54, 1.807) is 0 Å². The number of hydrogen-bond acceptors (Lipinski definition) is 4. The average molecular weight is 293 g/mol. The van der Waals surface area contributed by atoms with Crippen molar-refractivity contribution in [1.82, 2.24) is 4.90 Å². The van der Waals surface area contributed by atoms with Crippen molar-refractivity contribution in [2.24, 2.45) is 5.92 Å². The van der Waals surface area contributed by atoms with Crippen LogP contribution in [0.4, 0.5) is 4.79 Å². The number of carboxylic acids is 1. The van der Waals surface area contributed by atoms with Gasteiger partial charge in [0, 0.05) is 13.7 Å². The van der Waals surface area contributed by atoms with E-state index in [1.165, 1.54) is 12.0 Å². The minimum atomic E-state index is -0.890. The molecule has 1 saturated heterocycles. The van der Waals surface area contributed by atoms with Crippen LogP contribution < -0.4 is 0 Å². The van der Waals surface area contributed by atoms with Crippen molar-refractivity contribution in [3.63, 3.8) is 0 Å². The fourth-order valence-electron chi connectivity index (χ4n) is 2.41. The Labute approximate surface area is 123 Å².